The third-order valence-electron chi connectivity index (χ3n) is 3.48. The lowest BCUT2D eigenvalue weighted by Crippen LogP contribution is -2.53. The van der Waals surface area contributed by atoms with E-state index in [2.05, 4.69) is 12.2 Å². The maximum atomic E-state index is 11.6. The van der Waals surface area contributed by atoms with Gasteiger partial charge in [0.15, 0.2) is 0 Å². The van der Waals surface area contributed by atoms with Gasteiger partial charge in [-0.25, -0.2) is 0 Å². The van der Waals surface area contributed by atoms with Crippen molar-refractivity contribution in [3.8, 4) is 0 Å². The molecular formula is C11H20N2O2. The number of amides is 1. The average Bonchev–Trinajstić information content (AvgIpc) is 2.09. The summed E-state index contributed by atoms with van der Waals surface area (Å²) >= 11 is 0. The number of ether oxygens (including phenoxy) is 1. The zero-order valence-electron chi connectivity index (χ0n) is 9.34. The lowest BCUT2D eigenvalue weighted by Gasteiger charge is -2.40. The Morgan fingerprint density at radius 2 is 2.13 bits per heavy atom. The van der Waals surface area contributed by atoms with E-state index in [0.717, 1.165) is 32.5 Å². The van der Waals surface area contributed by atoms with E-state index in [4.69, 9.17) is 10.5 Å². The molecule has 4 heteroatoms. The molecule has 3 N–H and O–H groups in total. The number of hydrogen-bond acceptors (Lipinski definition) is 3. The fourth-order valence-corrected chi connectivity index (χ4v) is 2.05. The highest BCUT2D eigenvalue weighted by Crippen LogP contribution is 2.32. The normalized spacial score (nSPS) is 26.3. The Morgan fingerprint density at radius 3 is 2.53 bits per heavy atom. The van der Waals surface area contributed by atoms with Gasteiger partial charge in [-0.15, -0.1) is 0 Å². The quantitative estimate of drug-likeness (QED) is 0.709. The first-order chi connectivity index (χ1) is 7.02. The van der Waals surface area contributed by atoms with Crippen LogP contribution < -0.4 is 11.1 Å². The first-order valence-corrected chi connectivity index (χ1v) is 5.65. The third kappa shape index (κ3) is 2.49. The number of carbonyl (C=O) groups excluding carboxylic acids is 1. The van der Waals surface area contributed by atoms with Crippen molar-refractivity contribution in [1.29, 1.82) is 0 Å². The molecule has 0 unspecified atom stereocenters. The van der Waals surface area contributed by atoms with Crippen LogP contribution in [-0.4, -0.2) is 31.2 Å². The summed E-state index contributed by atoms with van der Waals surface area (Å²) < 4.78 is 5.13. The summed E-state index contributed by atoms with van der Waals surface area (Å²) in [5.74, 6) is 0.0883. The van der Waals surface area contributed by atoms with Crippen molar-refractivity contribution in [2.24, 2.45) is 11.1 Å². The highest BCUT2D eigenvalue weighted by Gasteiger charge is 2.36. The number of rotatable bonds is 4. The Bertz CT molecular complexity index is 257. The van der Waals surface area contributed by atoms with Gasteiger partial charge in [-0.3, -0.25) is 4.79 Å². The second kappa shape index (κ2) is 3.76. The van der Waals surface area contributed by atoms with Crippen molar-refractivity contribution in [3.63, 3.8) is 0 Å². The predicted molar refractivity (Wildman–Crippen MR) is 57.3 cm³/mol. The zero-order valence-corrected chi connectivity index (χ0v) is 9.34. The number of carbonyl (C=O) groups is 1. The van der Waals surface area contributed by atoms with Crippen molar-refractivity contribution in [1.82, 2.24) is 5.32 Å². The number of nitrogens with two attached hydrogens (primary N) is 1. The smallest absolute Gasteiger partial charge is 0.221 e. The minimum absolute atomic E-state index is 0.0883. The van der Waals surface area contributed by atoms with Gasteiger partial charge >= 0.3 is 0 Å². The van der Waals surface area contributed by atoms with Gasteiger partial charge in [0.05, 0.1) is 13.2 Å². The van der Waals surface area contributed by atoms with Gasteiger partial charge in [-0.05, 0) is 19.3 Å². The van der Waals surface area contributed by atoms with E-state index < -0.39 is 0 Å². The topological polar surface area (TPSA) is 64.4 Å². The molecule has 2 rings (SSSR count). The van der Waals surface area contributed by atoms with Gasteiger partial charge in [0.1, 0.15) is 0 Å². The summed E-state index contributed by atoms with van der Waals surface area (Å²) in [4.78, 5) is 11.6. The number of hydrogen-bond donors (Lipinski definition) is 2. The van der Waals surface area contributed by atoms with Crippen LogP contribution in [0.4, 0.5) is 0 Å². The molecule has 1 heterocycles. The van der Waals surface area contributed by atoms with Gasteiger partial charge in [0, 0.05) is 23.9 Å². The van der Waals surface area contributed by atoms with Crippen LogP contribution in [0.5, 0.6) is 0 Å². The molecule has 1 saturated carbocycles. The SMILES string of the molecule is CC1(CNC(=O)CC2(N)CCC2)COC1. The Hall–Kier alpha value is -0.610. The lowest BCUT2D eigenvalue weighted by molar-refractivity contribution is -0.128. The van der Waals surface area contributed by atoms with Crippen LogP contribution in [0.2, 0.25) is 0 Å². The molecule has 0 radical (unpaired) electrons. The van der Waals surface area contributed by atoms with Crippen LogP contribution >= 0.6 is 0 Å². The van der Waals surface area contributed by atoms with Crippen molar-refractivity contribution in [2.45, 2.75) is 38.1 Å². The zero-order chi connectivity index (χ0) is 10.9. The Morgan fingerprint density at radius 1 is 1.47 bits per heavy atom. The average molecular weight is 212 g/mol. The highest BCUT2D eigenvalue weighted by molar-refractivity contribution is 5.77. The second-order valence-electron chi connectivity index (χ2n) is 5.47. The van der Waals surface area contributed by atoms with Gasteiger partial charge in [-0.2, -0.15) is 0 Å². The third-order valence-corrected chi connectivity index (χ3v) is 3.48. The summed E-state index contributed by atoms with van der Waals surface area (Å²) in [6.45, 7) is 4.34. The Balaban J connectivity index is 1.68. The fraction of sp³-hybridized carbons (Fsp3) is 0.909. The van der Waals surface area contributed by atoms with Crippen molar-refractivity contribution >= 4 is 5.91 Å². The largest absolute Gasteiger partial charge is 0.380 e. The van der Waals surface area contributed by atoms with E-state index in [-0.39, 0.29) is 16.9 Å². The molecule has 0 aromatic heterocycles. The maximum absolute atomic E-state index is 11.6. The molecule has 1 aliphatic heterocycles. The van der Waals surface area contributed by atoms with Crippen molar-refractivity contribution in [2.75, 3.05) is 19.8 Å². The van der Waals surface area contributed by atoms with Crippen LogP contribution in [0.25, 0.3) is 0 Å². The molecule has 86 valence electrons. The van der Waals surface area contributed by atoms with Crippen LogP contribution in [-0.2, 0) is 9.53 Å². The molecule has 0 spiro atoms. The molecule has 1 saturated heterocycles. The predicted octanol–water partition coefficient (Wildman–Crippen LogP) is 0.411. The molecule has 0 atom stereocenters. The van der Waals surface area contributed by atoms with Crippen molar-refractivity contribution in [3.05, 3.63) is 0 Å². The molecule has 4 nitrogen and oxygen atoms in total. The molecule has 1 amide bonds. The van der Waals surface area contributed by atoms with Gasteiger partial charge in [-0.1, -0.05) is 6.92 Å². The summed E-state index contributed by atoms with van der Waals surface area (Å²) in [6.07, 6.45) is 3.61. The molecule has 0 bridgehead atoms. The van der Waals surface area contributed by atoms with E-state index in [1.807, 2.05) is 0 Å². The Labute approximate surface area is 90.5 Å². The van der Waals surface area contributed by atoms with E-state index >= 15 is 0 Å². The van der Waals surface area contributed by atoms with E-state index in [1.54, 1.807) is 0 Å². The summed E-state index contributed by atoms with van der Waals surface area (Å²) in [6, 6.07) is 0. The maximum Gasteiger partial charge on any atom is 0.221 e. The standard InChI is InChI=1S/C11H20N2O2/c1-10(7-15-8-10)6-13-9(14)5-11(12)3-2-4-11/h2-8,12H2,1H3,(H,13,14). The van der Waals surface area contributed by atoms with Crippen molar-refractivity contribution < 1.29 is 9.53 Å². The molecule has 0 aromatic rings. The minimum Gasteiger partial charge on any atom is -0.380 e. The monoisotopic (exact) mass is 212 g/mol. The first kappa shape index (κ1) is 10.9. The van der Waals surface area contributed by atoms with E-state index in [0.29, 0.717) is 13.0 Å². The lowest BCUT2D eigenvalue weighted by atomic mass is 9.75. The van der Waals surface area contributed by atoms with E-state index in [9.17, 15) is 4.79 Å². The van der Waals surface area contributed by atoms with Gasteiger partial charge < -0.3 is 15.8 Å². The van der Waals surface area contributed by atoms with Crippen LogP contribution in [0, 0.1) is 5.41 Å². The molecule has 0 aromatic carbocycles. The summed E-state index contributed by atoms with van der Waals surface area (Å²) in [7, 11) is 0. The molecule has 2 fully saturated rings. The first-order valence-electron chi connectivity index (χ1n) is 5.65. The summed E-state index contributed by atoms with van der Waals surface area (Å²) in [5, 5.41) is 2.95. The fourth-order valence-electron chi connectivity index (χ4n) is 2.05. The minimum atomic E-state index is -0.207. The van der Waals surface area contributed by atoms with Gasteiger partial charge in [0.25, 0.3) is 0 Å². The second-order valence-corrected chi connectivity index (χ2v) is 5.47. The summed E-state index contributed by atoms with van der Waals surface area (Å²) in [5.41, 5.74) is 5.95. The van der Waals surface area contributed by atoms with Crippen LogP contribution in [0.1, 0.15) is 32.6 Å². The van der Waals surface area contributed by atoms with Gasteiger partial charge in [0.2, 0.25) is 5.91 Å². The molecule has 2 aliphatic rings. The molecule has 15 heavy (non-hydrogen) atoms. The van der Waals surface area contributed by atoms with Crippen LogP contribution in [0.15, 0.2) is 0 Å². The Kier molecular flexibility index (Phi) is 2.73. The molecule has 1 aliphatic carbocycles. The number of nitrogens with one attached hydrogen (secondary N) is 1. The highest BCUT2D eigenvalue weighted by atomic mass is 16.5. The molecular weight excluding hydrogens is 192 g/mol. The van der Waals surface area contributed by atoms with E-state index in [1.165, 1.54) is 0 Å². The van der Waals surface area contributed by atoms with Crippen LogP contribution in [0.3, 0.4) is 0 Å².